The van der Waals surface area contributed by atoms with Crippen LogP contribution >= 0.6 is 11.3 Å². The van der Waals surface area contributed by atoms with Gasteiger partial charge in [-0.2, -0.15) is 0 Å². The Morgan fingerprint density at radius 2 is 1.91 bits per heavy atom. The van der Waals surface area contributed by atoms with Crippen molar-refractivity contribution < 1.29 is 4.79 Å². The molecule has 0 unspecified atom stereocenters. The van der Waals surface area contributed by atoms with E-state index in [1.807, 2.05) is 52.8 Å². The number of benzene rings is 1. The fourth-order valence-corrected chi connectivity index (χ4v) is 2.79. The van der Waals surface area contributed by atoms with Gasteiger partial charge >= 0.3 is 0 Å². The number of aromatic amines is 1. The van der Waals surface area contributed by atoms with Crippen molar-refractivity contribution in [3.8, 4) is 0 Å². The molecule has 0 saturated heterocycles. The quantitative estimate of drug-likeness (QED) is 0.924. The van der Waals surface area contributed by atoms with Crippen molar-refractivity contribution in [2.45, 2.75) is 34.6 Å². The molecule has 0 radical (unpaired) electrons. The maximum absolute atomic E-state index is 12.1. The first-order valence-electron chi connectivity index (χ1n) is 7.21. The lowest BCUT2D eigenvalue weighted by molar-refractivity contribution is -0.119. The molecule has 1 aromatic carbocycles. The summed E-state index contributed by atoms with van der Waals surface area (Å²) in [5.41, 5.74) is 2.70. The highest BCUT2D eigenvalue weighted by Gasteiger charge is 2.18. The molecule has 0 amide bonds. The number of ketones is 1. The Balaban J connectivity index is 2.54. The number of aromatic nitrogens is 1. The number of carbonyl (C=O) groups is 1. The maximum atomic E-state index is 12.1. The van der Waals surface area contributed by atoms with E-state index in [4.69, 9.17) is 0 Å². The SMILES string of the molecule is Cc1ccc(C)c(C=c2sc(=CC(=O)C(C)(C)C)[nH]c2=O)c1. The molecule has 0 aliphatic carbocycles. The molecule has 0 spiro atoms. The maximum Gasteiger partial charge on any atom is 0.266 e. The number of nitrogens with one attached hydrogen (secondary N) is 1. The predicted molar refractivity (Wildman–Crippen MR) is 92.6 cm³/mol. The average molecular weight is 315 g/mol. The molecule has 2 aromatic rings. The van der Waals surface area contributed by atoms with Crippen LogP contribution in [0.25, 0.3) is 12.2 Å². The van der Waals surface area contributed by atoms with E-state index in [0.29, 0.717) is 9.20 Å². The largest absolute Gasteiger partial charge is 0.313 e. The van der Waals surface area contributed by atoms with Gasteiger partial charge in [0, 0.05) is 11.5 Å². The zero-order valence-electron chi connectivity index (χ0n) is 13.6. The Morgan fingerprint density at radius 3 is 2.55 bits per heavy atom. The van der Waals surface area contributed by atoms with Crippen LogP contribution in [0.5, 0.6) is 0 Å². The monoisotopic (exact) mass is 315 g/mol. The molecule has 0 aliphatic heterocycles. The second-order valence-corrected chi connectivity index (χ2v) is 7.63. The first-order chi connectivity index (χ1) is 10.2. The van der Waals surface area contributed by atoms with Crippen molar-refractivity contribution in [2.24, 2.45) is 5.41 Å². The van der Waals surface area contributed by atoms with Gasteiger partial charge in [-0.3, -0.25) is 9.59 Å². The molecule has 0 bridgehead atoms. The molecule has 0 fully saturated rings. The molecular formula is C18H21NO2S. The summed E-state index contributed by atoms with van der Waals surface area (Å²) in [5.74, 6) is 0.00304. The van der Waals surface area contributed by atoms with E-state index in [-0.39, 0.29) is 11.3 Å². The van der Waals surface area contributed by atoms with Gasteiger partial charge in [-0.15, -0.1) is 11.3 Å². The van der Waals surface area contributed by atoms with Crippen LogP contribution < -0.4 is 14.8 Å². The van der Waals surface area contributed by atoms with Crippen LogP contribution in [0, 0.1) is 19.3 Å². The number of carbonyl (C=O) groups excluding carboxylic acids is 1. The van der Waals surface area contributed by atoms with Crippen LogP contribution in [0.4, 0.5) is 0 Å². The average Bonchev–Trinajstić information content (AvgIpc) is 2.73. The van der Waals surface area contributed by atoms with Gasteiger partial charge in [0.2, 0.25) is 0 Å². The summed E-state index contributed by atoms with van der Waals surface area (Å²) in [6.45, 7) is 9.63. The number of hydrogen-bond donors (Lipinski definition) is 1. The Kier molecular flexibility index (Phi) is 4.52. The topological polar surface area (TPSA) is 49.9 Å². The van der Waals surface area contributed by atoms with Gasteiger partial charge in [0.25, 0.3) is 5.56 Å². The zero-order chi connectivity index (χ0) is 16.5. The summed E-state index contributed by atoms with van der Waals surface area (Å²) in [6.07, 6.45) is 3.40. The third kappa shape index (κ3) is 3.83. The van der Waals surface area contributed by atoms with Gasteiger partial charge in [0.15, 0.2) is 5.78 Å². The summed E-state index contributed by atoms with van der Waals surface area (Å²) >= 11 is 1.31. The zero-order valence-corrected chi connectivity index (χ0v) is 14.4. The molecule has 0 atom stereocenters. The van der Waals surface area contributed by atoms with Crippen molar-refractivity contribution in [2.75, 3.05) is 0 Å². The number of rotatable bonds is 2. The van der Waals surface area contributed by atoms with Gasteiger partial charge in [-0.1, -0.05) is 44.5 Å². The molecule has 1 aromatic heterocycles. The van der Waals surface area contributed by atoms with Crippen LogP contribution in [0.3, 0.4) is 0 Å². The van der Waals surface area contributed by atoms with E-state index in [1.165, 1.54) is 17.4 Å². The summed E-state index contributed by atoms with van der Waals surface area (Å²) < 4.78 is 1.21. The van der Waals surface area contributed by atoms with Crippen LogP contribution in [-0.4, -0.2) is 10.8 Å². The van der Waals surface area contributed by atoms with Gasteiger partial charge in [0.1, 0.15) is 0 Å². The van der Waals surface area contributed by atoms with Gasteiger partial charge in [-0.25, -0.2) is 0 Å². The first kappa shape index (κ1) is 16.4. The first-order valence-corrected chi connectivity index (χ1v) is 8.03. The third-order valence-corrected chi connectivity index (χ3v) is 4.37. The van der Waals surface area contributed by atoms with Crippen LogP contribution in [0.15, 0.2) is 23.0 Å². The van der Waals surface area contributed by atoms with Crippen molar-refractivity contribution in [1.82, 2.24) is 4.98 Å². The standard InChI is InChI=1S/C18H21NO2S/c1-11-6-7-12(2)13(8-11)9-14-17(21)19-16(22-14)10-15(20)18(3,4)5/h6-10H,1-5H3,(H,19,21). The number of thiazole rings is 1. The van der Waals surface area contributed by atoms with E-state index in [0.717, 1.165) is 16.7 Å². The minimum atomic E-state index is -0.447. The molecular weight excluding hydrogens is 294 g/mol. The highest BCUT2D eigenvalue weighted by atomic mass is 32.1. The highest BCUT2D eigenvalue weighted by Crippen LogP contribution is 2.14. The number of H-pyrrole nitrogens is 1. The van der Waals surface area contributed by atoms with Gasteiger partial charge in [0.05, 0.1) is 9.20 Å². The van der Waals surface area contributed by atoms with E-state index in [1.54, 1.807) is 0 Å². The third-order valence-electron chi connectivity index (χ3n) is 3.40. The molecule has 116 valence electrons. The lowest BCUT2D eigenvalue weighted by Crippen LogP contribution is -2.22. The lowest BCUT2D eigenvalue weighted by atomic mass is 9.91. The normalized spacial score (nSPS) is 13.7. The van der Waals surface area contributed by atoms with E-state index < -0.39 is 5.41 Å². The summed E-state index contributed by atoms with van der Waals surface area (Å²) in [6, 6.07) is 6.14. The molecule has 3 nitrogen and oxygen atoms in total. The lowest BCUT2D eigenvalue weighted by Gasteiger charge is -2.12. The molecule has 4 heteroatoms. The molecule has 0 saturated carbocycles. The van der Waals surface area contributed by atoms with Crippen LogP contribution in [-0.2, 0) is 4.79 Å². The predicted octanol–water partition coefficient (Wildman–Crippen LogP) is 2.28. The fraction of sp³-hybridized carbons (Fsp3) is 0.333. The number of aryl methyl sites for hydroxylation is 2. The molecule has 22 heavy (non-hydrogen) atoms. The molecule has 0 aliphatic rings. The van der Waals surface area contributed by atoms with E-state index >= 15 is 0 Å². The Labute approximate surface area is 134 Å². The Bertz CT molecular complexity index is 879. The van der Waals surface area contributed by atoms with Crippen molar-refractivity contribution in [3.63, 3.8) is 0 Å². The van der Waals surface area contributed by atoms with Gasteiger partial charge in [-0.05, 0) is 31.1 Å². The van der Waals surface area contributed by atoms with Crippen LogP contribution in [0.2, 0.25) is 0 Å². The summed E-state index contributed by atoms with van der Waals surface area (Å²) in [5, 5.41) is 0. The van der Waals surface area contributed by atoms with Crippen molar-refractivity contribution in [3.05, 3.63) is 54.4 Å². The fourth-order valence-electron chi connectivity index (χ4n) is 1.92. The van der Waals surface area contributed by atoms with E-state index in [2.05, 4.69) is 11.1 Å². The highest BCUT2D eigenvalue weighted by molar-refractivity contribution is 7.07. The van der Waals surface area contributed by atoms with Crippen molar-refractivity contribution in [1.29, 1.82) is 0 Å². The van der Waals surface area contributed by atoms with E-state index in [9.17, 15) is 9.59 Å². The Morgan fingerprint density at radius 1 is 1.23 bits per heavy atom. The Hall–Kier alpha value is -1.94. The molecule has 1 N–H and O–H groups in total. The minimum Gasteiger partial charge on any atom is -0.313 e. The number of Topliss-reactive ketones (excluding diaryl/α,β-unsaturated/α-hetero) is 1. The summed E-state index contributed by atoms with van der Waals surface area (Å²) in [4.78, 5) is 26.9. The van der Waals surface area contributed by atoms with Gasteiger partial charge < -0.3 is 4.98 Å². The second-order valence-electron chi connectivity index (χ2n) is 6.55. The summed E-state index contributed by atoms with van der Waals surface area (Å²) in [7, 11) is 0. The molecule has 2 rings (SSSR count). The van der Waals surface area contributed by atoms with Crippen LogP contribution in [0.1, 0.15) is 37.5 Å². The number of hydrogen-bond acceptors (Lipinski definition) is 3. The molecule has 1 heterocycles. The smallest absolute Gasteiger partial charge is 0.266 e. The second kappa shape index (κ2) is 6.05. The van der Waals surface area contributed by atoms with Crippen molar-refractivity contribution >= 4 is 29.3 Å². The minimum absolute atomic E-state index is 0.00304.